The SMILES string of the molecule is Nc1nc(NCCc2c(OC(F)(F)F)[nH]c3ccccc23)ncc1Cc1ccc2[nH]ccc2c1. The third-order valence-electron chi connectivity index (χ3n) is 5.56. The zero-order valence-electron chi connectivity index (χ0n) is 17.9. The summed E-state index contributed by atoms with van der Waals surface area (Å²) < 4.78 is 42.7. The van der Waals surface area contributed by atoms with Crippen LogP contribution in [0.5, 0.6) is 5.88 Å². The maximum absolute atomic E-state index is 12.8. The third-order valence-corrected chi connectivity index (χ3v) is 5.56. The van der Waals surface area contributed by atoms with E-state index in [9.17, 15) is 13.2 Å². The van der Waals surface area contributed by atoms with Gasteiger partial charge in [0.15, 0.2) is 0 Å². The minimum absolute atomic E-state index is 0.261. The van der Waals surface area contributed by atoms with Crippen molar-refractivity contribution >= 4 is 33.6 Å². The number of nitrogens with one attached hydrogen (secondary N) is 3. The molecule has 3 aromatic heterocycles. The number of alkyl halides is 3. The molecule has 0 saturated carbocycles. The fourth-order valence-corrected chi connectivity index (χ4v) is 4.00. The van der Waals surface area contributed by atoms with E-state index in [0.717, 1.165) is 22.0 Å². The van der Waals surface area contributed by atoms with Crippen molar-refractivity contribution in [2.45, 2.75) is 19.2 Å². The van der Waals surface area contributed by atoms with Gasteiger partial charge in [-0.2, -0.15) is 4.98 Å². The van der Waals surface area contributed by atoms with E-state index in [4.69, 9.17) is 5.73 Å². The number of nitrogen functional groups attached to an aromatic ring is 1. The number of H-pyrrole nitrogens is 2. The highest BCUT2D eigenvalue weighted by Crippen LogP contribution is 2.32. The monoisotopic (exact) mass is 466 g/mol. The summed E-state index contributed by atoms with van der Waals surface area (Å²) in [6, 6.07) is 15.1. The molecule has 2 aromatic carbocycles. The minimum Gasteiger partial charge on any atom is -0.390 e. The molecule has 0 spiro atoms. The van der Waals surface area contributed by atoms with Gasteiger partial charge in [0, 0.05) is 52.9 Å². The van der Waals surface area contributed by atoms with E-state index in [2.05, 4.69) is 36.1 Å². The largest absolute Gasteiger partial charge is 0.574 e. The molecule has 3 heterocycles. The van der Waals surface area contributed by atoms with Crippen LogP contribution in [0.15, 0.2) is 60.9 Å². The van der Waals surface area contributed by atoms with E-state index in [0.29, 0.717) is 41.2 Å². The number of anilines is 2. The molecule has 0 fully saturated rings. The molecule has 10 heteroatoms. The lowest BCUT2D eigenvalue weighted by molar-refractivity contribution is -0.276. The topological polar surface area (TPSA) is 105 Å². The Morgan fingerprint density at radius 2 is 1.91 bits per heavy atom. The zero-order chi connectivity index (χ0) is 23.7. The Kier molecular flexibility index (Phi) is 5.48. The van der Waals surface area contributed by atoms with Crippen LogP contribution >= 0.6 is 0 Å². The van der Waals surface area contributed by atoms with Gasteiger partial charge in [-0.1, -0.05) is 24.3 Å². The number of nitrogens with zero attached hydrogens (tertiary/aromatic N) is 2. The summed E-state index contributed by atoms with van der Waals surface area (Å²) in [6.45, 7) is 0.291. The fraction of sp³-hybridized carbons (Fsp3) is 0.167. The van der Waals surface area contributed by atoms with Crippen LogP contribution in [0.4, 0.5) is 24.9 Å². The Bertz CT molecular complexity index is 1460. The smallest absolute Gasteiger partial charge is 0.390 e. The number of para-hydroxylation sites is 1. The van der Waals surface area contributed by atoms with Crippen molar-refractivity contribution in [3.05, 3.63) is 77.6 Å². The van der Waals surface area contributed by atoms with Crippen LogP contribution in [0, 0.1) is 0 Å². The van der Waals surface area contributed by atoms with Gasteiger partial charge in [0.25, 0.3) is 0 Å². The first kappa shape index (κ1) is 21.6. The second-order valence-corrected chi connectivity index (χ2v) is 7.88. The van der Waals surface area contributed by atoms with Gasteiger partial charge in [0.1, 0.15) is 5.82 Å². The molecule has 0 aliphatic carbocycles. The van der Waals surface area contributed by atoms with Crippen LogP contribution in [-0.2, 0) is 12.8 Å². The van der Waals surface area contributed by atoms with Gasteiger partial charge in [-0.15, -0.1) is 13.2 Å². The molecule has 7 nitrogen and oxygen atoms in total. The molecule has 0 aliphatic rings. The number of aromatic amines is 2. The van der Waals surface area contributed by atoms with E-state index < -0.39 is 6.36 Å². The van der Waals surface area contributed by atoms with E-state index in [1.54, 1.807) is 30.5 Å². The van der Waals surface area contributed by atoms with Crippen LogP contribution in [0.25, 0.3) is 21.8 Å². The molecule has 34 heavy (non-hydrogen) atoms. The quantitative estimate of drug-likeness (QED) is 0.265. The second-order valence-electron chi connectivity index (χ2n) is 7.88. The highest BCUT2D eigenvalue weighted by atomic mass is 19.4. The lowest BCUT2D eigenvalue weighted by Gasteiger charge is -2.11. The normalized spacial score (nSPS) is 11.9. The number of benzene rings is 2. The number of aromatic nitrogens is 4. The highest BCUT2D eigenvalue weighted by Gasteiger charge is 2.33. The van der Waals surface area contributed by atoms with E-state index in [1.165, 1.54) is 0 Å². The van der Waals surface area contributed by atoms with Crippen LogP contribution in [0.3, 0.4) is 0 Å². The molecule has 5 N–H and O–H groups in total. The average Bonchev–Trinajstić information content (AvgIpc) is 3.38. The van der Waals surface area contributed by atoms with Crippen LogP contribution in [0.2, 0.25) is 0 Å². The number of hydrogen-bond donors (Lipinski definition) is 4. The van der Waals surface area contributed by atoms with Crippen molar-refractivity contribution < 1.29 is 17.9 Å². The molecule has 0 bridgehead atoms. The lowest BCUT2D eigenvalue weighted by Crippen LogP contribution is -2.18. The number of ether oxygens (including phenoxy) is 1. The predicted molar refractivity (Wildman–Crippen MR) is 125 cm³/mol. The highest BCUT2D eigenvalue weighted by molar-refractivity contribution is 5.86. The predicted octanol–water partition coefficient (Wildman–Crippen LogP) is 5.17. The molecule has 0 aliphatic heterocycles. The minimum atomic E-state index is -4.79. The zero-order valence-corrected chi connectivity index (χ0v) is 17.9. The van der Waals surface area contributed by atoms with Gasteiger partial charge in [-0.3, -0.25) is 0 Å². The van der Waals surface area contributed by atoms with Crippen molar-refractivity contribution in [2.75, 3.05) is 17.6 Å². The van der Waals surface area contributed by atoms with E-state index >= 15 is 0 Å². The molecular weight excluding hydrogens is 445 g/mol. The Morgan fingerprint density at radius 1 is 1.06 bits per heavy atom. The summed E-state index contributed by atoms with van der Waals surface area (Å²) >= 11 is 0. The summed E-state index contributed by atoms with van der Waals surface area (Å²) in [6.07, 6.45) is -0.392. The second kappa shape index (κ2) is 8.62. The van der Waals surface area contributed by atoms with Crippen molar-refractivity contribution in [2.24, 2.45) is 0 Å². The van der Waals surface area contributed by atoms with Crippen LogP contribution in [0.1, 0.15) is 16.7 Å². The Balaban J connectivity index is 1.27. The van der Waals surface area contributed by atoms with Gasteiger partial charge in [-0.05, 0) is 41.6 Å². The van der Waals surface area contributed by atoms with E-state index in [1.807, 2.05) is 24.4 Å². The summed E-state index contributed by atoms with van der Waals surface area (Å²) in [5, 5.41) is 4.81. The third kappa shape index (κ3) is 4.61. The van der Waals surface area contributed by atoms with Crippen LogP contribution < -0.4 is 15.8 Å². The van der Waals surface area contributed by atoms with Gasteiger partial charge >= 0.3 is 6.36 Å². The molecule has 0 unspecified atom stereocenters. The summed E-state index contributed by atoms with van der Waals surface area (Å²) in [4.78, 5) is 14.5. The van der Waals surface area contributed by atoms with E-state index in [-0.39, 0.29) is 12.3 Å². The van der Waals surface area contributed by atoms with Crippen LogP contribution in [-0.4, -0.2) is 32.8 Å². The Morgan fingerprint density at radius 3 is 2.74 bits per heavy atom. The molecular formula is C24H21F3N6O. The first-order valence-corrected chi connectivity index (χ1v) is 10.6. The number of halogens is 3. The van der Waals surface area contributed by atoms with Gasteiger partial charge < -0.3 is 25.8 Å². The maximum atomic E-state index is 12.8. The van der Waals surface area contributed by atoms with Gasteiger partial charge in [0.2, 0.25) is 11.8 Å². The molecule has 0 radical (unpaired) electrons. The standard InChI is InChI=1S/C24H21F3N6O/c25-24(26,27)34-22-18(17-3-1-2-4-20(17)32-22)8-10-30-23-31-13-16(21(28)33-23)12-14-5-6-19-15(11-14)7-9-29-19/h1-7,9,11,13,29,32H,8,10,12H2,(H3,28,30,31,33). The van der Waals surface area contributed by atoms with Crippen molar-refractivity contribution in [1.82, 2.24) is 19.9 Å². The number of hydrogen-bond acceptors (Lipinski definition) is 5. The van der Waals surface area contributed by atoms with Crippen molar-refractivity contribution in [3.8, 4) is 5.88 Å². The summed E-state index contributed by atoms with van der Waals surface area (Å²) in [7, 11) is 0. The number of fused-ring (bicyclic) bond motifs is 2. The van der Waals surface area contributed by atoms with Gasteiger partial charge in [-0.25, -0.2) is 4.98 Å². The number of rotatable bonds is 7. The van der Waals surface area contributed by atoms with Crippen molar-refractivity contribution in [1.29, 1.82) is 0 Å². The maximum Gasteiger partial charge on any atom is 0.574 e. The molecule has 174 valence electrons. The first-order valence-electron chi connectivity index (χ1n) is 10.6. The lowest BCUT2D eigenvalue weighted by atomic mass is 10.1. The fourth-order valence-electron chi connectivity index (χ4n) is 4.00. The number of nitrogens with two attached hydrogens (primary N) is 1. The molecule has 0 amide bonds. The molecule has 5 aromatic rings. The molecule has 0 saturated heterocycles. The Hall–Kier alpha value is -4.21. The first-order chi connectivity index (χ1) is 16.4. The molecule has 0 atom stereocenters. The molecule has 5 rings (SSSR count). The summed E-state index contributed by atoms with van der Waals surface area (Å²) in [5.41, 5.74) is 10.1. The van der Waals surface area contributed by atoms with Crippen molar-refractivity contribution in [3.63, 3.8) is 0 Å². The Labute approximate surface area is 192 Å². The average molecular weight is 466 g/mol. The summed E-state index contributed by atoms with van der Waals surface area (Å²) in [5.74, 6) is 0.339. The van der Waals surface area contributed by atoms with Gasteiger partial charge in [0.05, 0.1) is 0 Å².